The highest BCUT2D eigenvalue weighted by atomic mass is 16.3. The van der Waals surface area contributed by atoms with E-state index in [1.165, 1.54) is 60.8 Å². The number of fused-ring (bicyclic) bond motifs is 8. The van der Waals surface area contributed by atoms with Crippen LogP contribution in [0.5, 0.6) is 0 Å². The number of hydrogen-bond acceptors (Lipinski definition) is 3. The van der Waals surface area contributed by atoms with Crippen LogP contribution in [0.1, 0.15) is 28.9 Å². The van der Waals surface area contributed by atoms with Crippen molar-refractivity contribution in [3.8, 4) is 44.5 Å². The van der Waals surface area contributed by atoms with Crippen molar-refractivity contribution < 1.29 is 4.42 Å². The Bertz CT molecular complexity index is 2910. The van der Waals surface area contributed by atoms with Crippen molar-refractivity contribution in [1.29, 1.82) is 0 Å². The molecule has 2 aliphatic rings. The zero-order chi connectivity index (χ0) is 34.9. The third-order valence-corrected chi connectivity index (χ3v) is 11.1. The summed E-state index contributed by atoms with van der Waals surface area (Å²) in [6, 6.07) is 63.5. The molecule has 2 atom stereocenters. The molecule has 0 bridgehead atoms. The molecule has 0 radical (unpaired) electrons. The van der Waals surface area contributed by atoms with Gasteiger partial charge in [0.15, 0.2) is 0 Å². The number of nitrogens with one attached hydrogen (secondary N) is 2. The third kappa shape index (κ3) is 4.93. The second kappa shape index (κ2) is 11.9. The Kier molecular flexibility index (Phi) is 6.76. The monoisotopic (exact) mass is 678 g/mol. The third-order valence-electron chi connectivity index (χ3n) is 11.1. The summed E-state index contributed by atoms with van der Waals surface area (Å²) in [6.07, 6.45) is 2.24. The minimum absolute atomic E-state index is 0.00901. The van der Waals surface area contributed by atoms with Crippen LogP contribution in [0.2, 0.25) is 0 Å². The quantitative estimate of drug-likeness (QED) is 0.190. The van der Waals surface area contributed by atoms with Gasteiger partial charge in [0.05, 0.1) is 6.04 Å². The number of rotatable bonds is 5. The van der Waals surface area contributed by atoms with E-state index in [1.807, 2.05) is 12.1 Å². The molecule has 250 valence electrons. The fraction of sp³-hybridized carbons (Fsp3) is 0.0400. The van der Waals surface area contributed by atoms with E-state index in [0.29, 0.717) is 0 Å². The lowest BCUT2D eigenvalue weighted by Crippen LogP contribution is -2.39. The Hall–Kier alpha value is -6.68. The predicted molar refractivity (Wildman–Crippen MR) is 219 cm³/mol. The number of para-hydroxylation sites is 1. The topological polar surface area (TPSA) is 37.2 Å². The summed E-state index contributed by atoms with van der Waals surface area (Å²) < 4.78 is 6.20. The molecule has 11 rings (SSSR count). The van der Waals surface area contributed by atoms with Gasteiger partial charge >= 0.3 is 0 Å². The van der Waals surface area contributed by atoms with Gasteiger partial charge in [0.25, 0.3) is 0 Å². The van der Waals surface area contributed by atoms with Gasteiger partial charge in [-0.2, -0.15) is 0 Å². The van der Waals surface area contributed by atoms with Crippen LogP contribution >= 0.6 is 0 Å². The molecule has 53 heavy (non-hydrogen) atoms. The Morgan fingerprint density at radius 2 is 1.06 bits per heavy atom. The van der Waals surface area contributed by atoms with Crippen LogP contribution in [0.25, 0.3) is 82.9 Å². The molecule has 0 amide bonds. The van der Waals surface area contributed by atoms with E-state index in [9.17, 15) is 0 Å². The first-order valence-corrected chi connectivity index (χ1v) is 18.3. The zero-order valence-corrected chi connectivity index (χ0v) is 28.9. The highest BCUT2D eigenvalue weighted by Crippen LogP contribution is 2.49. The molecule has 2 unspecified atom stereocenters. The van der Waals surface area contributed by atoms with Gasteiger partial charge in [-0.25, -0.2) is 0 Å². The summed E-state index contributed by atoms with van der Waals surface area (Å²) in [7, 11) is 0. The largest absolute Gasteiger partial charge is 0.456 e. The average Bonchev–Trinajstić information content (AvgIpc) is 3.60. The van der Waals surface area contributed by atoms with Gasteiger partial charge in [0.1, 0.15) is 17.3 Å². The van der Waals surface area contributed by atoms with Crippen molar-refractivity contribution in [1.82, 2.24) is 10.6 Å². The van der Waals surface area contributed by atoms with Crippen LogP contribution in [0.3, 0.4) is 0 Å². The van der Waals surface area contributed by atoms with E-state index in [1.54, 1.807) is 0 Å². The van der Waals surface area contributed by atoms with Crippen LogP contribution in [-0.4, -0.2) is 0 Å². The van der Waals surface area contributed by atoms with Crippen LogP contribution in [0.4, 0.5) is 0 Å². The van der Waals surface area contributed by atoms with E-state index in [4.69, 9.17) is 4.42 Å². The molecule has 0 saturated heterocycles. The molecule has 2 N–H and O–H groups in total. The molecule has 3 nitrogen and oxygen atoms in total. The normalized spacial score (nSPS) is 16.1. The van der Waals surface area contributed by atoms with Gasteiger partial charge in [-0.15, -0.1) is 0 Å². The minimum atomic E-state index is -0.125. The summed E-state index contributed by atoms with van der Waals surface area (Å²) in [6.45, 7) is 0. The lowest BCUT2D eigenvalue weighted by Gasteiger charge is -2.34. The molecular weight excluding hydrogens is 645 g/mol. The van der Waals surface area contributed by atoms with Crippen molar-refractivity contribution >= 4 is 38.4 Å². The lowest BCUT2D eigenvalue weighted by molar-refractivity contribution is 0.445. The number of furan rings is 1. The van der Waals surface area contributed by atoms with Gasteiger partial charge < -0.3 is 9.73 Å². The van der Waals surface area contributed by atoms with Gasteiger partial charge in [-0.05, 0) is 103 Å². The van der Waals surface area contributed by atoms with Crippen LogP contribution in [0, 0.1) is 0 Å². The van der Waals surface area contributed by atoms with Gasteiger partial charge in [0.2, 0.25) is 0 Å². The van der Waals surface area contributed by atoms with Crippen molar-refractivity contribution in [2.45, 2.75) is 12.2 Å². The summed E-state index contributed by atoms with van der Waals surface area (Å²) in [5.74, 6) is 0. The average molecular weight is 679 g/mol. The molecule has 0 saturated carbocycles. The molecule has 1 aliphatic heterocycles. The van der Waals surface area contributed by atoms with Gasteiger partial charge in [-0.1, -0.05) is 146 Å². The van der Waals surface area contributed by atoms with E-state index in [2.05, 4.69) is 181 Å². The molecule has 1 aromatic heterocycles. The maximum Gasteiger partial charge on any atom is 0.135 e. The Balaban J connectivity index is 1.10. The van der Waals surface area contributed by atoms with Crippen LogP contribution in [0.15, 0.2) is 186 Å². The summed E-state index contributed by atoms with van der Waals surface area (Å²) >= 11 is 0. The van der Waals surface area contributed by atoms with E-state index in [-0.39, 0.29) is 12.2 Å². The predicted octanol–water partition coefficient (Wildman–Crippen LogP) is 12.7. The maximum absolute atomic E-state index is 6.20. The molecule has 9 aromatic rings. The Morgan fingerprint density at radius 3 is 1.96 bits per heavy atom. The van der Waals surface area contributed by atoms with E-state index < -0.39 is 0 Å². The fourth-order valence-electron chi connectivity index (χ4n) is 8.49. The summed E-state index contributed by atoms with van der Waals surface area (Å²) in [5.41, 5.74) is 16.5. The first-order valence-electron chi connectivity index (χ1n) is 18.3. The lowest BCUT2D eigenvalue weighted by atomic mass is 9.79. The molecule has 8 aromatic carbocycles. The van der Waals surface area contributed by atoms with Crippen molar-refractivity contribution in [3.63, 3.8) is 0 Å². The standard InChI is InChI=1S/C50H34N2O/c1-2-12-32(13-3-1)46-30-47(52-50(51-46)42-19-10-14-31-11-4-5-15-36(31)42)44-27-33(34-23-26-49-45(28-34)41-18-8-9-20-48(41)53-49)21-24-37(44)35-22-25-40-38-16-6-7-17-39(38)43(40)29-35/h1-30,46,50-52H. The first kappa shape index (κ1) is 30.0. The molecule has 0 spiro atoms. The zero-order valence-electron chi connectivity index (χ0n) is 28.9. The van der Waals surface area contributed by atoms with Crippen molar-refractivity contribution in [2.75, 3.05) is 0 Å². The summed E-state index contributed by atoms with van der Waals surface area (Å²) in [4.78, 5) is 0. The molecular formula is C50H34N2O. The summed E-state index contributed by atoms with van der Waals surface area (Å²) in [5, 5.41) is 12.7. The second-order valence-electron chi connectivity index (χ2n) is 14.2. The fourth-order valence-corrected chi connectivity index (χ4v) is 8.49. The SMILES string of the molecule is C1=C(c2cc(-c3ccc4oc5ccccc5c4c3)ccc2-c2ccc3c(c2)-c2ccccc2-3)NC(c2cccc3ccccc23)NC1c1ccccc1. The van der Waals surface area contributed by atoms with E-state index in [0.717, 1.165) is 38.8 Å². The highest BCUT2D eigenvalue weighted by Gasteiger charge is 2.28. The smallest absolute Gasteiger partial charge is 0.135 e. The number of benzene rings is 8. The second-order valence-corrected chi connectivity index (χ2v) is 14.2. The van der Waals surface area contributed by atoms with Crippen molar-refractivity contribution in [2.24, 2.45) is 0 Å². The molecule has 2 heterocycles. The van der Waals surface area contributed by atoms with Gasteiger partial charge in [0, 0.05) is 22.0 Å². The maximum atomic E-state index is 6.20. The minimum Gasteiger partial charge on any atom is -0.456 e. The highest BCUT2D eigenvalue weighted by molar-refractivity contribution is 6.07. The van der Waals surface area contributed by atoms with Gasteiger partial charge in [-0.3, -0.25) is 5.32 Å². The van der Waals surface area contributed by atoms with Crippen LogP contribution < -0.4 is 10.6 Å². The molecule has 1 aliphatic carbocycles. The Labute approximate surface area is 307 Å². The molecule has 0 fully saturated rings. The van der Waals surface area contributed by atoms with E-state index >= 15 is 0 Å². The molecule has 3 heteroatoms. The number of hydrogen-bond donors (Lipinski definition) is 2. The van der Waals surface area contributed by atoms with Crippen molar-refractivity contribution in [3.05, 3.63) is 199 Å². The first-order chi connectivity index (χ1) is 26.2. The van der Waals surface area contributed by atoms with Crippen LogP contribution in [-0.2, 0) is 0 Å². The Morgan fingerprint density at radius 1 is 0.415 bits per heavy atom.